The molecule has 1 saturated heterocycles. The Morgan fingerprint density at radius 3 is 2.58 bits per heavy atom. The van der Waals surface area contributed by atoms with Gasteiger partial charge in [0, 0.05) is 24.3 Å². The zero-order valence-corrected chi connectivity index (χ0v) is 13.9. The van der Waals surface area contributed by atoms with Gasteiger partial charge in [-0.3, -0.25) is 14.6 Å². The van der Waals surface area contributed by atoms with Crippen molar-refractivity contribution in [1.82, 2.24) is 9.88 Å². The summed E-state index contributed by atoms with van der Waals surface area (Å²) < 4.78 is 0. The van der Waals surface area contributed by atoms with E-state index in [1.165, 1.54) is 12.3 Å². The van der Waals surface area contributed by atoms with E-state index in [1.807, 2.05) is 4.90 Å². The van der Waals surface area contributed by atoms with Gasteiger partial charge in [-0.05, 0) is 43.5 Å². The zero-order valence-electron chi connectivity index (χ0n) is 13.2. The third-order valence-electron chi connectivity index (χ3n) is 4.00. The number of hydrogen-bond acceptors (Lipinski definition) is 3. The number of nitrogens with one attached hydrogen (secondary N) is 1. The van der Waals surface area contributed by atoms with E-state index >= 15 is 0 Å². The van der Waals surface area contributed by atoms with E-state index < -0.39 is 5.91 Å². The van der Waals surface area contributed by atoms with Crippen molar-refractivity contribution in [3.05, 3.63) is 58.9 Å². The van der Waals surface area contributed by atoms with Crippen molar-refractivity contribution in [1.29, 1.82) is 0 Å². The number of carbonyl (C=O) groups is 2. The second-order valence-electron chi connectivity index (χ2n) is 5.71. The Labute approximate surface area is 145 Å². The van der Waals surface area contributed by atoms with Gasteiger partial charge in [0.15, 0.2) is 0 Å². The number of halogens is 1. The molecule has 2 aromatic rings. The van der Waals surface area contributed by atoms with Crippen LogP contribution in [0.4, 0.5) is 5.69 Å². The topological polar surface area (TPSA) is 62.3 Å². The van der Waals surface area contributed by atoms with E-state index in [1.54, 1.807) is 30.3 Å². The number of nitrogens with zero attached hydrogens (tertiary/aromatic N) is 2. The molecule has 1 N–H and O–H groups in total. The van der Waals surface area contributed by atoms with Gasteiger partial charge in [-0.25, -0.2) is 0 Å². The Balaban J connectivity index is 1.81. The molecular formula is C18H18ClN3O2. The molecule has 2 amide bonds. The van der Waals surface area contributed by atoms with Crippen LogP contribution in [0.1, 0.15) is 40.1 Å². The van der Waals surface area contributed by atoms with Gasteiger partial charge in [-0.2, -0.15) is 0 Å². The molecule has 1 aromatic carbocycles. The zero-order chi connectivity index (χ0) is 16.9. The Bertz CT molecular complexity index is 757. The van der Waals surface area contributed by atoms with E-state index in [-0.39, 0.29) is 11.6 Å². The molecule has 0 radical (unpaired) electrons. The van der Waals surface area contributed by atoms with Gasteiger partial charge in [0.2, 0.25) is 0 Å². The molecule has 24 heavy (non-hydrogen) atoms. The van der Waals surface area contributed by atoms with Gasteiger partial charge in [0.1, 0.15) is 5.69 Å². The molecule has 0 saturated carbocycles. The summed E-state index contributed by atoms with van der Waals surface area (Å²) in [4.78, 5) is 30.9. The van der Waals surface area contributed by atoms with Gasteiger partial charge in [0.25, 0.3) is 11.8 Å². The number of aromatic nitrogens is 1. The van der Waals surface area contributed by atoms with Crippen molar-refractivity contribution in [2.24, 2.45) is 0 Å². The molecule has 1 aromatic heterocycles. The smallest absolute Gasteiger partial charge is 0.274 e. The van der Waals surface area contributed by atoms with Crippen LogP contribution in [0.2, 0.25) is 5.02 Å². The molecule has 2 heterocycles. The molecule has 124 valence electrons. The second-order valence-corrected chi connectivity index (χ2v) is 6.15. The lowest BCUT2D eigenvalue weighted by Crippen LogP contribution is -2.36. The third-order valence-corrected chi connectivity index (χ3v) is 4.24. The SMILES string of the molecule is O=C(Nc1ccccc1C(=O)N1CCCCC1)c1cc(Cl)ccn1. The predicted octanol–water partition coefficient (Wildman–Crippen LogP) is 3.61. The van der Waals surface area contributed by atoms with Crippen LogP contribution >= 0.6 is 11.6 Å². The van der Waals surface area contributed by atoms with Crippen molar-refractivity contribution < 1.29 is 9.59 Å². The molecule has 1 fully saturated rings. The fourth-order valence-corrected chi connectivity index (χ4v) is 2.92. The van der Waals surface area contributed by atoms with Gasteiger partial charge in [-0.15, -0.1) is 0 Å². The summed E-state index contributed by atoms with van der Waals surface area (Å²) in [6.45, 7) is 1.52. The van der Waals surface area contributed by atoms with Gasteiger partial charge < -0.3 is 10.2 Å². The molecule has 0 aliphatic carbocycles. The summed E-state index contributed by atoms with van der Waals surface area (Å²) in [6.07, 6.45) is 4.67. The highest BCUT2D eigenvalue weighted by molar-refractivity contribution is 6.31. The highest BCUT2D eigenvalue weighted by Crippen LogP contribution is 2.21. The maximum absolute atomic E-state index is 12.7. The molecule has 0 spiro atoms. The lowest BCUT2D eigenvalue weighted by Gasteiger charge is -2.27. The molecule has 0 atom stereocenters. The summed E-state index contributed by atoms with van der Waals surface area (Å²) in [7, 11) is 0. The third kappa shape index (κ3) is 3.74. The molecule has 5 nitrogen and oxygen atoms in total. The number of rotatable bonds is 3. The van der Waals surface area contributed by atoms with Crippen LogP contribution in [-0.4, -0.2) is 34.8 Å². The van der Waals surface area contributed by atoms with Crippen LogP contribution in [0.5, 0.6) is 0 Å². The van der Waals surface area contributed by atoms with Crippen LogP contribution in [0.25, 0.3) is 0 Å². The quantitative estimate of drug-likeness (QED) is 0.926. The molecule has 1 aliphatic heterocycles. The first-order valence-corrected chi connectivity index (χ1v) is 8.34. The first-order chi connectivity index (χ1) is 11.6. The predicted molar refractivity (Wildman–Crippen MR) is 93.4 cm³/mol. The van der Waals surface area contributed by atoms with E-state index in [0.717, 1.165) is 32.4 Å². The number of likely N-dealkylation sites (tertiary alicyclic amines) is 1. The maximum atomic E-state index is 12.7. The van der Waals surface area contributed by atoms with E-state index in [4.69, 9.17) is 11.6 Å². The number of hydrogen-bond donors (Lipinski definition) is 1. The van der Waals surface area contributed by atoms with Gasteiger partial charge >= 0.3 is 0 Å². The van der Waals surface area contributed by atoms with Crippen LogP contribution in [-0.2, 0) is 0 Å². The first-order valence-electron chi connectivity index (χ1n) is 7.96. The fourth-order valence-electron chi connectivity index (χ4n) is 2.76. The van der Waals surface area contributed by atoms with Crippen LogP contribution in [0.15, 0.2) is 42.6 Å². The van der Waals surface area contributed by atoms with E-state index in [9.17, 15) is 9.59 Å². The Hall–Kier alpha value is -2.40. The van der Waals surface area contributed by atoms with Crippen molar-refractivity contribution in [3.63, 3.8) is 0 Å². The standard InChI is InChI=1S/C18H18ClN3O2/c19-13-8-9-20-16(12-13)17(23)21-15-7-3-2-6-14(15)18(24)22-10-4-1-5-11-22/h2-3,6-9,12H,1,4-5,10-11H2,(H,21,23). The number of carbonyl (C=O) groups excluding carboxylic acids is 2. The number of piperidine rings is 1. The highest BCUT2D eigenvalue weighted by Gasteiger charge is 2.21. The Morgan fingerprint density at radius 2 is 1.83 bits per heavy atom. The molecule has 0 unspecified atom stereocenters. The second kappa shape index (κ2) is 7.45. The molecule has 1 aliphatic rings. The number of anilines is 1. The van der Waals surface area contributed by atoms with E-state index in [2.05, 4.69) is 10.3 Å². The lowest BCUT2D eigenvalue weighted by molar-refractivity contribution is 0.0725. The minimum Gasteiger partial charge on any atom is -0.339 e. The Morgan fingerprint density at radius 1 is 1.08 bits per heavy atom. The lowest BCUT2D eigenvalue weighted by atomic mass is 10.1. The molecule has 0 bridgehead atoms. The minimum absolute atomic E-state index is 0.0512. The molecule has 6 heteroatoms. The van der Waals surface area contributed by atoms with Crippen LogP contribution in [0, 0.1) is 0 Å². The molecule has 3 rings (SSSR count). The summed E-state index contributed by atoms with van der Waals surface area (Å²) in [5.74, 6) is -0.443. The van der Waals surface area contributed by atoms with E-state index in [0.29, 0.717) is 16.3 Å². The summed E-state index contributed by atoms with van der Waals surface area (Å²) >= 11 is 5.89. The normalized spacial score (nSPS) is 14.3. The van der Waals surface area contributed by atoms with Crippen molar-refractivity contribution >= 4 is 29.1 Å². The summed E-state index contributed by atoms with van der Waals surface area (Å²) in [6, 6.07) is 10.1. The maximum Gasteiger partial charge on any atom is 0.274 e. The monoisotopic (exact) mass is 343 g/mol. The number of benzene rings is 1. The van der Waals surface area contributed by atoms with Crippen LogP contribution in [0.3, 0.4) is 0 Å². The van der Waals surface area contributed by atoms with Gasteiger partial charge in [0.05, 0.1) is 11.3 Å². The first kappa shape index (κ1) is 16.5. The number of amides is 2. The van der Waals surface area contributed by atoms with Crippen LogP contribution < -0.4 is 5.32 Å². The summed E-state index contributed by atoms with van der Waals surface area (Å²) in [5, 5.41) is 3.20. The highest BCUT2D eigenvalue weighted by atomic mass is 35.5. The minimum atomic E-state index is -0.392. The van der Waals surface area contributed by atoms with Crippen molar-refractivity contribution in [2.45, 2.75) is 19.3 Å². The number of para-hydroxylation sites is 1. The fraction of sp³-hybridized carbons (Fsp3) is 0.278. The average molecular weight is 344 g/mol. The number of pyridine rings is 1. The summed E-state index contributed by atoms with van der Waals surface area (Å²) in [5.41, 5.74) is 1.19. The van der Waals surface area contributed by atoms with Gasteiger partial charge in [-0.1, -0.05) is 23.7 Å². The average Bonchev–Trinajstić information content (AvgIpc) is 2.62. The van der Waals surface area contributed by atoms with Crippen molar-refractivity contribution in [2.75, 3.05) is 18.4 Å². The van der Waals surface area contributed by atoms with Crippen molar-refractivity contribution in [3.8, 4) is 0 Å². The largest absolute Gasteiger partial charge is 0.339 e. The Kier molecular flexibility index (Phi) is 5.11. The molecular weight excluding hydrogens is 326 g/mol.